The van der Waals surface area contributed by atoms with Crippen molar-refractivity contribution in [3.05, 3.63) is 0 Å². The number of rotatable bonds is 24. The van der Waals surface area contributed by atoms with Crippen molar-refractivity contribution in [1.29, 1.82) is 0 Å². The summed E-state index contributed by atoms with van der Waals surface area (Å²) in [4.78, 5) is 10.6. The molecule has 0 fully saturated rings. The number of nitrogens with two attached hydrogens (primary N) is 1. The molecule has 0 aliphatic heterocycles. The van der Waals surface area contributed by atoms with Crippen molar-refractivity contribution < 1.29 is 14.4 Å². The first kappa shape index (κ1) is 35.6. The molecule has 1 amide bonds. The first-order valence-electron chi connectivity index (χ1n) is 15.1. The summed E-state index contributed by atoms with van der Waals surface area (Å²) in [7, 11) is 4.13. The lowest BCUT2D eigenvalue weighted by molar-refractivity contribution is -0.936. The van der Waals surface area contributed by atoms with Crippen LogP contribution in [-0.2, 0) is 4.79 Å². The Balaban J connectivity index is 0. The first-order chi connectivity index (χ1) is 16.3. The Morgan fingerprint density at radius 1 is 0.618 bits per heavy atom. The molecule has 0 aromatic heterocycles. The van der Waals surface area contributed by atoms with Gasteiger partial charge in [-0.15, -0.1) is 0 Å². The molecule has 1 unspecified atom stereocenters. The molecule has 34 heavy (non-hydrogen) atoms. The Morgan fingerprint density at radius 3 is 1.21 bits per heavy atom. The number of nitrogens with zero attached hydrogens (tertiary/aromatic N) is 1. The van der Waals surface area contributed by atoms with Gasteiger partial charge in [0.15, 0.2) is 6.23 Å². The van der Waals surface area contributed by atoms with Gasteiger partial charge in [0.05, 0.1) is 20.6 Å². The van der Waals surface area contributed by atoms with E-state index in [-0.39, 0.29) is 12.1 Å². The zero-order chi connectivity index (χ0) is 25.9. The minimum Gasteiger partial charge on any atom is -0.370 e. The number of aliphatic hydroxyl groups excluding tert-OH is 1. The van der Waals surface area contributed by atoms with Crippen LogP contribution in [-0.4, -0.2) is 42.4 Å². The summed E-state index contributed by atoms with van der Waals surface area (Å²) in [6.07, 6.45) is 28.6. The second kappa shape index (κ2) is 27.0. The molecule has 0 aliphatic rings. The minimum absolute atomic E-state index is 0.151. The quantitative estimate of drug-likeness (QED) is 0.0817. The molecular formula is C30H65N2O2+. The summed E-state index contributed by atoms with van der Waals surface area (Å²) in [6, 6.07) is 0. The van der Waals surface area contributed by atoms with E-state index in [2.05, 4.69) is 27.9 Å². The van der Waals surface area contributed by atoms with E-state index < -0.39 is 0 Å². The lowest BCUT2D eigenvalue weighted by Gasteiger charge is -2.33. The second-order valence-corrected chi connectivity index (χ2v) is 11.0. The molecule has 0 aromatic carbocycles. The molecule has 1 atom stereocenters. The van der Waals surface area contributed by atoms with Gasteiger partial charge in [-0.3, -0.25) is 4.79 Å². The SMILES string of the molecule is CCCCCCCCCCCCCCCCCCCCCC(N)=O.CCC[N+](C)(C)C(O)CC. The van der Waals surface area contributed by atoms with Crippen LogP contribution in [0.1, 0.15) is 162 Å². The standard InChI is InChI=1S/C22H45NO.C8H20NO/c1-2-3-4-5-6-7-8-9-10-11-12-13-14-15-16-17-18-19-20-21-22(23)24;1-5-7-9(3,4)8(10)6-2/h2-21H2,1H3,(H2,23,24);8,10H,5-7H2,1-4H3/q;+1. The fraction of sp³-hybridized carbons (Fsp3) is 0.967. The van der Waals surface area contributed by atoms with E-state index in [9.17, 15) is 9.90 Å². The Labute approximate surface area is 215 Å². The number of primary amides is 1. The maximum absolute atomic E-state index is 10.6. The van der Waals surface area contributed by atoms with Crippen LogP contribution in [0.4, 0.5) is 0 Å². The number of hydrogen-bond acceptors (Lipinski definition) is 2. The van der Waals surface area contributed by atoms with Gasteiger partial charge in [-0.25, -0.2) is 0 Å². The average molecular weight is 486 g/mol. The van der Waals surface area contributed by atoms with Crippen molar-refractivity contribution in [2.45, 2.75) is 168 Å². The van der Waals surface area contributed by atoms with E-state index in [0.29, 0.717) is 6.42 Å². The van der Waals surface area contributed by atoms with E-state index in [1.54, 1.807) is 0 Å². The van der Waals surface area contributed by atoms with Gasteiger partial charge in [-0.05, 0) is 12.8 Å². The highest BCUT2D eigenvalue weighted by Crippen LogP contribution is 2.14. The number of carbonyl (C=O) groups excluding carboxylic acids is 1. The summed E-state index contributed by atoms with van der Waals surface area (Å²) < 4.78 is 0.729. The second-order valence-electron chi connectivity index (χ2n) is 11.0. The van der Waals surface area contributed by atoms with Gasteiger partial charge >= 0.3 is 0 Å². The number of aliphatic hydroxyl groups is 1. The van der Waals surface area contributed by atoms with E-state index in [1.807, 2.05) is 6.92 Å². The Bertz CT molecular complexity index is 413. The summed E-state index contributed by atoms with van der Waals surface area (Å²) in [5.41, 5.74) is 5.13. The van der Waals surface area contributed by atoms with Crippen LogP contribution in [0.5, 0.6) is 0 Å². The maximum Gasteiger partial charge on any atom is 0.217 e. The van der Waals surface area contributed by atoms with Crippen LogP contribution in [0.25, 0.3) is 0 Å². The van der Waals surface area contributed by atoms with E-state index in [1.165, 1.54) is 116 Å². The predicted molar refractivity (Wildman–Crippen MR) is 151 cm³/mol. The highest BCUT2D eigenvalue weighted by atomic mass is 16.3. The third-order valence-electron chi connectivity index (χ3n) is 7.00. The van der Waals surface area contributed by atoms with Gasteiger partial charge in [-0.2, -0.15) is 0 Å². The first-order valence-corrected chi connectivity index (χ1v) is 15.1. The molecule has 0 saturated heterocycles. The van der Waals surface area contributed by atoms with Gasteiger partial charge in [0, 0.05) is 12.8 Å². The monoisotopic (exact) mass is 486 g/mol. The third kappa shape index (κ3) is 27.6. The van der Waals surface area contributed by atoms with Gasteiger partial charge in [0.2, 0.25) is 5.91 Å². The van der Waals surface area contributed by atoms with Crippen molar-refractivity contribution in [2.75, 3.05) is 20.6 Å². The number of unbranched alkanes of at least 4 members (excludes halogenated alkanes) is 18. The number of quaternary nitrogens is 1. The molecule has 0 aliphatic carbocycles. The molecule has 0 spiro atoms. The van der Waals surface area contributed by atoms with Crippen LogP contribution in [0.3, 0.4) is 0 Å². The fourth-order valence-corrected chi connectivity index (χ4v) is 4.60. The lowest BCUT2D eigenvalue weighted by Crippen LogP contribution is -2.48. The Kier molecular flexibility index (Phi) is 28.2. The van der Waals surface area contributed by atoms with E-state index in [0.717, 1.165) is 30.3 Å². The molecule has 0 bridgehead atoms. The average Bonchev–Trinajstić information content (AvgIpc) is 2.80. The zero-order valence-corrected chi connectivity index (χ0v) is 24.2. The topological polar surface area (TPSA) is 63.3 Å². The normalized spacial score (nSPS) is 12.3. The van der Waals surface area contributed by atoms with Crippen molar-refractivity contribution in [3.8, 4) is 0 Å². The van der Waals surface area contributed by atoms with Gasteiger partial charge < -0.3 is 15.3 Å². The molecule has 206 valence electrons. The van der Waals surface area contributed by atoms with Crippen molar-refractivity contribution >= 4 is 5.91 Å². The minimum atomic E-state index is -0.194. The van der Waals surface area contributed by atoms with Crippen molar-refractivity contribution in [2.24, 2.45) is 5.73 Å². The lowest BCUT2D eigenvalue weighted by atomic mass is 10.0. The molecular weight excluding hydrogens is 420 g/mol. The van der Waals surface area contributed by atoms with Crippen molar-refractivity contribution in [3.63, 3.8) is 0 Å². The molecule has 4 heteroatoms. The Hall–Kier alpha value is -0.610. The molecule has 0 heterocycles. The largest absolute Gasteiger partial charge is 0.370 e. The number of amides is 1. The highest BCUT2D eigenvalue weighted by Gasteiger charge is 2.22. The fourth-order valence-electron chi connectivity index (χ4n) is 4.60. The summed E-state index contributed by atoms with van der Waals surface area (Å²) in [6.45, 7) is 7.49. The molecule has 3 N–H and O–H groups in total. The van der Waals surface area contributed by atoms with Gasteiger partial charge in [0.1, 0.15) is 0 Å². The predicted octanol–water partition coefficient (Wildman–Crippen LogP) is 8.49. The van der Waals surface area contributed by atoms with Crippen LogP contribution >= 0.6 is 0 Å². The molecule has 0 rings (SSSR count). The van der Waals surface area contributed by atoms with Crippen LogP contribution < -0.4 is 5.73 Å². The summed E-state index contributed by atoms with van der Waals surface area (Å²) >= 11 is 0. The maximum atomic E-state index is 10.6. The van der Waals surface area contributed by atoms with Crippen LogP contribution in [0.2, 0.25) is 0 Å². The Morgan fingerprint density at radius 2 is 0.941 bits per heavy atom. The van der Waals surface area contributed by atoms with Crippen LogP contribution in [0, 0.1) is 0 Å². The molecule has 4 nitrogen and oxygen atoms in total. The number of hydrogen-bond donors (Lipinski definition) is 2. The molecule has 0 radical (unpaired) electrons. The van der Waals surface area contributed by atoms with Crippen LogP contribution in [0.15, 0.2) is 0 Å². The molecule has 0 aromatic rings. The zero-order valence-electron chi connectivity index (χ0n) is 24.2. The molecule has 0 saturated carbocycles. The number of carbonyl (C=O) groups is 1. The summed E-state index contributed by atoms with van der Waals surface area (Å²) in [5.74, 6) is -0.151. The third-order valence-corrected chi connectivity index (χ3v) is 7.00. The van der Waals surface area contributed by atoms with Gasteiger partial charge in [0.25, 0.3) is 0 Å². The van der Waals surface area contributed by atoms with E-state index >= 15 is 0 Å². The van der Waals surface area contributed by atoms with E-state index in [4.69, 9.17) is 5.73 Å². The van der Waals surface area contributed by atoms with Crippen molar-refractivity contribution in [1.82, 2.24) is 0 Å². The van der Waals surface area contributed by atoms with Gasteiger partial charge in [-0.1, -0.05) is 136 Å². The smallest absolute Gasteiger partial charge is 0.217 e. The summed E-state index contributed by atoms with van der Waals surface area (Å²) in [5, 5.41) is 9.49. The highest BCUT2D eigenvalue weighted by molar-refractivity contribution is 5.73.